The van der Waals surface area contributed by atoms with Crippen molar-refractivity contribution >= 4 is 11.7 Å². The summed E-state index contributed by atoms with van der Waals surface area (Å²) in [5.41, 5.74) is -0.552. The van der Waals surface area contributed by atoms with Crippen molar-refractivity contribution < 1.29 is 14.8 Å². The van der Waals surface area contributed by atoms with Crippen LogP contribution in [0, 0.1) is 10.1 Å². The molecule has 0 atom stereocenters. The molecule has 0 saturated heterocycles. The summed E-state index contributed by atoms with van der Waals surface area (Å²) < 4.78 is 0. The van der Waals surface area contributed by atoms with Gasteiger partial charge in [0.05, 0.1) is 10.3 Å². The van der Waals surface area contributed by atoms with E-state index in [1.54, 1.807) is 12.1 Å². The number of benzene rings is 1. The number of non-ortho nitro benzene ring substituents is 1. The highest BCUT2D eigenvalue weighted by Crippen LogP contribution is 2.36. The van der Waals surface area contributed by atoms with Gasteiger partial charge in [0.15, 0.2) is 0 Å². The molecule has 0 heterocycles. The summed E-state index contributed by atoms with van der Waals surface area (Å²) in [6.07, 6.45) is 2.40. The molecule has 0 unspecified atom stereocenters. The minimum absolute atomic E-state index is 0.0599. The minimum Gasteiger partial charge on any atom is -0.481 e. The largest absolute Gasteiger partial charge is 0.481 e. The molecular weight excluding hydrogens is 246 g/mol. The van der Waals surface area contributed by atoms with Gasteiger partial charge in [0.2, 0.25) is 0 Å². The third-order valence-corrected chi connectivity index (χ3v) is 3.37. The van der Waals surface area contributed by atoms with Gasteiger partial charge in [-0.2, -0.15) is 0 Å². The van der Waals surface area contributed by atoms with Crippen LogP contribution in [0.25, 0.3) is 0 Å². The van der Waals surface area contributed by atoms with Gasteiger partial charge in [-0.1, -0.05) is 38.8 Å². The van der Waals surface area contributed by atoms with E-state index in [1.807, 2.05) is 13.8 Å². The molecule has 5 nitrogen and oxygen atoms in total. The zero-order valence-electron chi connectivity index (χ0n) is 11.3. The van der Waals surface area contributed by atoms with Gasteiger partial charge in [-0.3, -0.25) is 14.9 Å². The average Bonchev–Trinajstić information content (AvgIpc) is 2.38. The Hall–Kier alpha value is -1.91. The van der Waals surface area contributed by atoms with Gasteiger partial charge in [0, 0.05) is 12.1 Å². The van der Waals surface area contributed by atoms with E-state index >= 15 is 0 Å². The number of carbonyl (C=O) groups is 1. The number of carboxylic acids is 1. The average molecular weight is 265 g/mol. The molecule has 1 aromatic rings. The molecule has 0 amide bonds. The third kappa shape index (κ3) is 3.10. The van der Waals surface area contributed by atoms with Crippen molar-refractivity contribution in [2.75, 3.05) is 0 Å². The first-order valence-electron chi connectivity index (χ1n) is 6.46. The van der Waals surface area contributed by atoms with Crippen molar-refractivity contribution in [3.05, 3.63) is 39.9 Å². The molecule has 0 fully saturated rings. The fourth-order valence-electron chi connectivity index (χ4n) is 2.52. The summed E-state index contributed by atoms with van der Waals surface area (Å²) in [4.78, 5) is 22.0. The zero-order valence-corrected chi connectivity index (χ0v) is 11.3. The third-order valence-electron chi connectivity index (χ3n) is 3.37. The fraction of sp³-hybridized carbons (Fsp3) is 0.500. The summed E-state index contributed by atoms with van der Waals surface area (Å²) in [6, 6.07) is 6.00. The van der Waals surface area contributed by atoms with Gasteiger partial charge in [0.1, 0.15) is 0 Å². The van der Waals surface area contributed by atoms with Crippen LogP contribution in [-0.2, 0) is 10.2 Å². The summed E-state index contributed by atoms with van der Waals surface area (Å²) in [5.74, 6) is -0.906. The molecule has 1 rings (SSSR count). The lowest BCUT2D eigenvalue weighted by molar-refractivity contribution is -0.385. The summed E-state index contributed by atoms with van der Waals surface area (Å²) in [6.45, 7) is 3.84. The molecule has 0 aromatic heterocycles. The summed E-state index contributed by atoms with van der Waals surface area (Å²) in [7, 11) is 0. The highest BCUT2D eigenvalue weighted by atomic mass is 16.6. The smallest absolute Gasteiger partial charge is 0.314 e. The molecule has 0 aliphatic rings. The second kappa shape index (κ2) is 6.31. The molecule has 0 saturated carbocycles. The SMILES string of the molecule is CCCC(CCC)(C(=O)O)c1cccc([N+](=O)[O-])c1. The first-order chi connectivity index (χ1) is 8.97. The van der Waals surface area contributed by atoms with Crippen molar-refractivity contribution in [1.29, 1.82) is 0 Å². The Morgan fingerprint density at radius 1 is 1.32 bits per heavy atom. The fourth-order valence-corrected chi connectivity index (χ4v) is 2.52. The van der Waals surface area contributed by atoms with Crippen molar-refractivity contribution in [3.8, 4) is 0 Å². The second-order valence-electron chi connectivity index (χ2n) is 4.69. The highest BCUT2D eigenvalue weighted by molar-refractivity contribution is 5.81. The number of rotatable bonds is 7. The van der Waals surface area contributed by atoms with Crippen LogP contribution in [0.2, 0.25) is 0 Å². The van der Waals surface area contributed by atoms with E-state index in [0.29, 0.717) is 18.4 Å². The maximum atomic E-state index is 11.7. The summed E-state index contributed by atoms with van der Waals surface area (Å²) >= 11 is 0. The van der Waals surface area contributed by atoms with Gasteiger partial charge < -0.3 is 5.11 Å². The molecule has 5 heteroatoms. The molecule has 0 aliphatic carbocycles. The van der Waals surface area contributed by atoms with Gasteiger partial charge >= 0.3 is 5.97 Å². The lowest BCUT2D eigenvalue weighted by Gasteiger charge is -2.29. The first-order valence-corrected chi connectivity index (χ1v) is 6.46. The maximum Gasteiger partial charge on any atom is 0.314 e. The standard InChI is InChI=1S/C14H19NO4/c1-3-8-14(9-4-2,13(16)17)11-6-5-7-12(10-11)15(18)19/h5-7,10H,3-4,8-9H2,1-2H3,(H,16,17). The Morgan fingerprint density at radius 2 is 1.89 bits per heavy atom. The number of nitro benzene ring substituents is 1. The molecule has 0 aliphatic heterocycles. The van der Waals surface area contributed by atoms with Gasteiger partial charge in [-0.05, 0) is 18.4 Å². The van der Waals surface area contributed by atoms with Crippen molar-refractivity contribution in [3.63, 3.8) is 0 Å². The Morgan fingerprint density at radius 3 is 2.32 bits per heavy atom. The van der Waals surface area contributed by atoms with Crippen molar-refractivity contribution in [1.82, 2.24) is 0 Å². The van der Waals surface area contributed by atoms with Crippen molar-refractivity contribution in [2.24, 2.45) is 0 Å². The second-order valence-corrected chi connectivity index (χ2v) is 4.69. The predicted molar refractivity (Wildman–Crippen MR) is 72.2 cm³/mol. The number of aliphatic carboxylic acids is 1. The zero-order chi connectivity index (χ0) is 14.5. The van der Waals surface area contributed by atoms with E-state index in [4.69, 9.17) is 0 Å². The number of hydrogen-bond donors (Lipinski definition) is 1. The molecule has 104 valence electrons. The topological polar surface area (TPSA) is 80.4 Å². The Bertz CT molecular complexity index is 464. The first kappa shape index (κ1) is 15.1. The molecule has 1 aromatic carbocycles. The predicted octanol–water partition coefficient (Wildman–Crippen LogP) is 3.52. The van der Waals surface area contributed by atoms with Crippen LogP contribution in [0.15, 0.2) is 24.3 Å². The Balaban J connectivity index is 3.34. The molecule has 0 bridgehead atoms. The number of hydrogen-bond acceptors (Lipinski definition) is 3. The van der Waals surface area contributed by atoms with E-state index < -0.39 is 16.3 Å². The van der Waals surface area contributed by atoms with Crippen LogP contribution >= 0.6 is 0 Å². The normalized spacial score (nSPS) is 11.3. The van der Waals surface area contributed by atoms with Crippen LogP contribution in [0.1, 0.15) is 45.1 Å². The number of nitro groups is 1. The quantitative estimate of drug-likeness (QED) is 0.604. The van der Waals surface area contributed by atoms with Crippen LogP contribution in [0.4, 0.5) is 5.69 Å². The molecule has 0 radical (unpaired) electrons. The van der Waals surface area contributed by atoms with E-state index in [1.165, 1.54) is 12.1 Å². The van der Waals surface area contributed by atoms with Crippen molar-refractivity contribution in [2.45, 2.75) is 44.9 Å². The molecular formula is C14H19NO4. The van der Waals surface area contributed by atoms with Gasteiger partial charge in [-0.25, -0.2) is 0 Å². The maximum absolute atomic E-state index is 11.7. The van der Waals surface area contributed by atoms with Gasteiger partial charge in [0.25, 0.3) is 5.69 Å². The lowest BCUT2D eigenvalue weighted by Crippen LogP contribution is -2.35. The van der Waals surface area contributed by atoms with E-state index in [9.17, 15) is 20.0 Å². The van der Waals surface area contributed by atoms with Gasteiger partial charge in [-0.15, -0.1) is 0 Å². The van der Waals surface area contributed by atoms with E-state index in [0.717, 1.165) is 12.8 Å². The van der Waals surface area contributed by atoms with Crippen LogP contribution in [0.3, 0.4) is 0 Å². The monoisotopic (exact) mass is 265 g/mol. The highest BCUT2D eigenvalue weighted by Gasteiger charge is 2.39. The van der Waals surface area contributed by atoms with E-state index in [2.05, 4.69) is 0 Å². The molecule has 19 heavy (non-hydrogen) atoms. The molecule has 1 N–H and O–H groups in total. The van der Waals surface area contributed by atoms with Crippen LogP contribution in [-0.4, -0.2) is 16.0 Å². The number of carboxylic acid groups (broad SMARTS) is 1. The minimum atomic E-state index is -1.02. The molecule has 0 spiro atoms. The van der Waals surface area contributed by atoms with Crippen LogP contribution in [0.5, 0.6) is 0 Å². The Labute approximate surface area is 112 Å². The van der Waals surface area contributed by atoms with Crippen LogP contribution < -0.4 is 0 Å². The Kier molecular flexibility index (Phi) is 5.03. The number of nitrogens with zero attached hydrogens (tertiary/aromatic N) is 1. The van der Waals surface area contributed by atoms with E-state index in [-0.39, 0.29) is 5.69 Å². The summed E-state index contributed by atoms with van der Waals surface area (Å²) in [5, 5.41) is 20.4. The lowest BCUT2D eigenvalue weighted by atomic mass is 9.73.